The highest BCUT2D eigenvalue weighted by atomic mass is 35.5. The van der Waals surface area contributed by atoms with Crippen LogP contribution >= 0.6 is 12.4 Å². The van der Waals surface area contributed by atoms with Crippen molar-refractivity contribution in [1.29, 1.82) is 0 Å². The predicted octanol–water partition coefficient (Wildman–Crippen LogP) is 4.35. The second-order valence-corrected chi connectivity index (χ2v) is 6.77. The van der Waals surface area contributed by atoms with Crippen LogP contribution in [0.15, 0.2) is 60.7 Å². The number of hydrogen-bond donors (Lipinski definition) is 0. The second-order valence-electron chi connectivity index (χ2n) is 6.77. The summed E-state index contributed by atoms with van der Waals surface area (Å²) in [5, 5.41) is 0. The third-order valence-corrected chi connectivity index (χ3v) is 4.90. The molecule has 142 valence electrons. The summed E-state index contributed by atoms with van der Waals surface area (Å²) < 4.78 is 12.8. The van der Waals surface area contributed by atoms with E-state index in [1.165, 1.54) is 11.1 Å². The minimum absolute atomic E-state index is 0. The summed E-state index contributed by atoms with van der Waals surface area (Å²) in [6, 6.07) is 21.0. The number of likely N-dealkylation sites (N-methyl/N-ethyl adjacent to an activating group) is 1. The Hall–Kier alpha value is -1.39. The van der Waals surface area contributed by atoms with Gasteiger partial charge in [0.05, 0.1) is 12.7 Å². The van der Waals surface area contributed by atoms with E-state index in [0.29, 0.717) is 6.61 Å². The summed E-state index contributed by atoms with van der Waals surface area (Å²) in [5.41, 5.74) is 2.50. The molecule has 0 spiro atoms. The van der Waals surface area contributed by atoms with Crippen molar-refractivity contribution in [3.63, 3.8) is 0 Å². The quantitative estimate of drug-likeness (QED) is 0.684. The first kappa shape index (κ1) is 20.9. The summed E-state index contributed by atoms with van der Waals surface area (Å²) in [6.45, 7) is 8.07. The molecule has 1 fully saturated rings. The Morgan fingerprint density at radius 3 is 1.85 bits per heavy atom. The van der Waals surface area contributed by atoms with Gasteiger partial charge in [0, 0.05) is 19.4 Å². The van der Waals surface area contributed by atoms with Gasteiger partial charge >= 0.3 is 0 Å². The lowest BCUT2D eigenvalue weighted by atomic mass is 9.98. The molecule has 1 unspecified atom stereocenters. The van der Waals surface area contributed by atoms with Crippen LogP contribution in [-0.2, 0) is 22.3 Å². The Morgan fingerprint density at radius 1 is 0.885 bits per heavy atom. The molecule has 1 aliphatic heterocycles. The summed E-state index contributed by atoms with van der Waals surface area (Å²) in [6.07, 6.45) is 1.68. The number of rotatable bonds is 8. The molecule has 2 aromatic rings. The first-order valence-electron chi connectivity index (χ1n) is 9.35. The van der Waals surface area contributed by atoms with Crippen molar-refractivity contribution in [2.45, 2.75) is 38.6 Å². The van der Waals surface area contributed by atoms with Gasteiger partial charge in [-0.05, 0) is 24.2 Å². The number of halogens is 1. The third-order valence-electron chi connectivity index (χ3n) is 4.90. The largest absolute Gasteiger partial charge is 0.346 e. The van der Waals surface area contributed by atoms with Gasteiger partial charge in [0.1, 0.15) is 0 Å². The average molecular weight is 376 g/mol. The summed E-state index contributed by atoms with van der Waals surface area (Å²) in [5.74, 6) is -0.569. The van der Waals surface area contributed by atoms with E-state index >= 15 is 0 Å². The Labute approximate surface area is 163 Å². The Morgan fingerprint density at radius 2 is 1.38 bits per heavy atom. The maximum Gasteiger partial charge on any atom is 0.176 e. The first-order valence-corrected chi connectivity index (χ1v) is 9.35. The van der Waals surface area contributed by atoms with E-state index in [1.54, 1.807) is 0 Å². The van der Waals surface area contributed by atoms with E-state index in [-0.39, 0.29) is 18.5 Å². The molecule has 4 heteroatoms. The monoisotopic (exact) mass is 375 g/mol. The fourth-order valence-corrected chi connectivity index (χ4v) is 3.54. The van der Waals surface area contributed by atoms with Crippen molar-refractivity contribution in [2.24, 2.45) is 0 Å². The van der Waals surface area contributed by atoms with Crippen molar-refractivity contribution >= 4 is 12.4 Å². The molecule has 0 bridgehead atoms. The van der Waals surface area contributed by atoms with Crippen molar-refractivity contribution in [1.82, 2.24) is 4.90 Å². The number of hydrogen-bond acceptors (Lipinski definition) is 3. The highest BCUT2D eigenvalue weighted by Gasteiger charge is 2.42. The molecule has 1 atom stereocenters. The molecule has 0 aromatic heterocycles. The van der Waals surface area contributed by atoms with Crippen LogP contribution in [0, 0.1) is 0 Å². The summed E-state index contributed by atoms with van der Waals surface area (Å²) in [4.78, 5) is 2.40. The van der Waals surface area contributed by atoms with Crippen LogP contribution in [0.1, 0.15) is 25.0 Å². The molecule has 2 aromatic carbocycles. The van der Waals surface area contributed by atoms with Crippen LogP contribution in [0.3, 0.4) is 0 Å². The van der Waals surface area contributed by atoms with Gasteiger partial charge in [0.25, 0.3) is 0 Å². The van der Waals surface area contributed by atoms with E-state index < -0.39 is 5.79 Å². The topological polar surface area (TPSA) is 21.7 Å². The van der Waals surface area contributed by atoms with E-state index in [9.17, 15) is 0 Å². The van der Waals surface area contributed by atoms with Gasteiger partial charge in [-0.1, -0.05) is 74.5 Å². The molecule has 0 radical (unpaired) electrons. The molecular weight excluding hydrogens is 346 g/mol. The molecule has 0 amide bonds. The average Bonchev–Trinajstić information content (AvgIpc) is 3.03. The lowest BCUT2D eigenvalue weighted by molar-refractivity contribution is -0.167. The fraction of sp³-hybridized carbons (Fsp3) is 0.455. The van der Waals surface area contributed by atoms with Crippen molar-refractivity contribution in [3.8, 4) is 0 Å². The summed E-state index contributed by atoms with van der Waals surface area (Å²) in [7, 11) is 0. The van der Waals surface area contributed by atoms with Crippen LogP contribution in [-0.4, -0.2) is 43.0 Å². The van der Waals surface area contributed by atoms with Crippen LogP contribution in [0.5, 0.6) is 0 Å². The fourth-order valence-electron chi connectivity index (χ4n) is 3.54. The number of ether oxygens (including phenoxy) is 2. The van der Waals surface area contributed by atoms with Crippen molar-refractivity contribution in [2.75, 3.05) is 26.2 Å². The zero-order valence-electron chi connectivity index (χ0n) is 15.8. The van der Waals surface area contributed by atoms with E-state index in [2.05, 4.69) is 67.3 Å². The Bertz CT molecular complexity index is 590. The van der Waals surface area contributed by atoms with Gasteiger partial charge in [-0.15, -0.1) is 12.4 Å². The Balaban J connectivity index is 0.00000243. The van der Waals surface area contributed by atoms with Gasteiger partial charge in [-0.3, -0.25) is 0 Å². The van der Waals surface area contributed by atoms with Crippen LogP contribution in [0.2, 0.25) is 0 Å². The van der Waals surface area contributed by atoms with E-state index in [4.69, 9.17) is 9.47 Å². The van der Waals surface area contributed by atoms with Crippen molar-refractivity contribution < 1.29 is 9.47 Å². The standard InChI is InChI=1S/C22H29NO2.ClH/c1-3-23(4-2)17-21-18-24-22(25-21,15-19-11-7-5-8-12-19)16-20-13-9-6-10-14-20;/h5-14,21H,3-4,15-18H2,1-2H3;1H. The molecule has 3 rings (SSSR count). The SMILES string of the molecule is CCN(CC)CC1COC(Cc2ccccc2)(Cc2ccccc2)O1.Cl. The maximum absolute atomic E-state index is 6.53. The van der Waals surface area contributed by atoms with Gasteiger partial charge in [0.15, 0.2) is 5.79 Å². The van der Waals surface area contributed by atoms with Gasteiger partial charge < -0.3 is 14.4 Å². The third kappa shape index (κ3) is 5.55. The molecular formula is C22H30ClNO2. The molecule has 0 N–H and O–H groups in total. The second kappa shape index (κ2) is 10.1. The molecule has 0 saturated carbocycles. The molecule has 26 heavy (non-hydrogen) atoms. The normalized spacial score (nSPS) is 18.7. The van der Waals surface area contributed by atoms with E-state index in [0.717, 1.165) is 32.5 Å². The lowest BCUT2D eigenvalue weighted by Gasteiger charge is -2.29. The molecule has 1 heterocycles. The number of nitrogens with zero attached hydrogens (tertiary/aromatic N) is 1. The summed E-state index contributed by atoms with van der Waals surface area (Å²) >= 11 is 0. The maximum atomic E-state index is 6.53. The smallest absolute Gasteiger partial charge is 0.176 e. The predicted molar refractivity (Wildman–Crippen MR) is 109 cm³/mol. The highest BCUT2D eigenvalue weighted by Crippen LogP contribution is 2.32. The van der Waals surface area contributed by atoms with Gasteiger partial charge in [-0.25, -0.2) is 0 Å². The Kier molecular flexibility index (Phi) is 8.11. The zero-order valence-corrected chi connectivity index (χ0v) is 16.6. The lowest BCUT2D eigenvalue weighted by Crippen LogP contribution is -2.39. The van der Waals surface area contributed by atoms with Crippen LogP contribution in [0.25, 0.3) is 0 Å². The van der Waals surface area contributed by atoms with Gasteiger partial charge in [-0.2, -0.15) is 0 Å². The van der Waals surface area contributed by atoms with Gasteiger partial charge in [0.2, 0.25) is 0 Å². The van der Waals surface area contributed by atoms with Crippen molar-refractivity contribution in [3.05, 3.63) is 71.8 Å². The van der Waals surface area contributed by atoms with Crippen LogP contribution in [0.4, 0.5) is 0 Å². The minimum atomic E-state index is -0.569. The molecule has 0 aliphatic carbocycles. The van der Waals surface area contributed by atoms with E-state index in [1.807, 2.05) is 12.1 Å². The molecule has 1 aliphatic rings. The zero-order chi connectivity index (χ0) is 17.5. The minimum Gasteiger partial charge on any atom is -0.346 e. The molecule has 1 saturated heterocycles. The molecule has 3 nitrogen and oxygen atoms in total. The van der Waals surface area contributed by atoms with Crippen LogP contribution < -0.4 is 0 Å². The first-order chi connectivity index (χ1) is 12.2. The number of benzene rings is 2. The highest BCUT2D eigenvalue weighted by molar-refractivity contribution is 5.85.